The molecular formula is C32H32FN5O2S2. The average Bonchev–Trinajstić information content (AvgIpc) is 3.25. The Morgan fingerprint density at radius 2 is 1.69 bits per heavy atom. The van der Waals surface area contributed by atoms with Crippen molar-refractivity contribution in [3.63, 3.8) is 0 Å². The van der Waals surface area contributed by atoms with Crippen LogP contribution < -0.4 is 15.4 Å². The van der Waals surface area contributed by atoms with Crippen LogP contribution in [0.25, 0.3) is 6.08 Å². The molecule has 1 amide bonds. The van der Waals surface area contributed by atoms with Gasteiger partial charge in [-0.1, -0.05) is 72.9 Å². The topological polar surface area (TPSA) is 72.6 Å². The first kappa shape index (κ1) is 29.5. The Kier molecular flexibility index (Phi) is 8.80. The highest BCUT2D eigenvalue weighted by Gasteiger charge is 2.34. The number of nitriles is 1. The van der Waals surface area contributed by atoms with E-state index in [-0.39, 0.29) is 22.8 Å². The van der Waals surface area contributed by atoms with Crippen LogP contribution in [-0.2, 0) is 17.9 Å². The van der Waals surface area contributed by atoms with Crippen LogP contribution in [0.4, 0.5) is 15.9 Å². The number of hydrogen-bond acceptors (Lipinski definition) is 7. The van der Waals surface area contributed by atoms with Gasteiger partial charge in [0.25, 0.3) is 11.5 Å². The summed E-state index contributed by atoms with van der Waals surface area (Å²) in [5, 5.41) is 9.94. The fourth-order valence-electron chi connectivity index (χ4n) is 5.43. The van der Waals surface area contributed by atoms with E-state index in [4.69, 9.17) is 12.2 Å². The minimum atomic E-state index is -0.340. The number of nitrogens with zero attached hydrogens (tertiary/aromatic N) is 5. The number of rotatable bonds is 7. The third-order valence-electron chi connectivity index (χ3n) is 7.68. The molecule has 2 fully saturated rings. The first-order chi connectivity index (χ1) is 20.2. The number of amides is 1. The maximum Gasteiger partial charge on any atom is 0.270 e. The second kappa shape index (κ2) is 12.5. The third kappa shape index (κ3) is 5.72. The molecular weight excluding hydrogens is 570 g/mol. The van der Waals surface area contributed by atoms with Crippen molar-refractivity contribution in [3.05, 3.63) is 97.4 Å². The van der Waals surface area contributed by atoms with E-state index in [1.54, 1.807) is 34.6 Å². The van der Waals surface area contributed by atoms with Crippen molar-refractivity contribution in [1.29, 1.82) is 5.26 Å². The van der Waals surface area contributed by atoms with E-state index in [9.17, 15) is 19.2 Å². The number of carbonyl (C=O) groups is 1. The van der Waals surface area contributed by atoms with Gasteiger partial charge in [-0.2, -0.15) is 5.26 Å². The maximum absolute atomic E-state index is 14.5. The second-order valence-corrected chi connectivity index (χ2v) is 12.2. The Labute approximate surface area is 254 Å². The SMILES string of the molecule is CCCn1c(N2CCN(c3ccccc3F)CC2)c(/C=C2/SC(=S)N(Cc3ccc(C)cc3)C2=O)c(C)c(C#N)c1=O. The molecule has 0 radical (unpaired) electrons. The van der Waals surface area contributed by atoms with Gasteiger partial charge >= 0.3 is 0 Å². The van der Waals surface area contributed by atoms with Gasteiger partial charge in [0, 0.05) is 38.3 Å². The molecule has 2 aliphatic rings. The van der Waals surface area contributed by atoms with Gasteiger partial charge in [0.05, 0.1) is 17.1 Å². The molecule has 7 nitrogen and oxygen atoms in total. The number of pyridine rings is 1. The summed E-state index contributed by atoms with van der Waals surface area (Å²) in [6, 6.07) is 16.8. The van der Waals surface area contributed by atoms with Gasteiger partial charge < -0.3 is 9.80 Å². The lowest BCUT2D eigenvalue weighted by atomic mass is 10.0. The van der Waals surface area contributed by atoms with Crippen LogP contribution >= 0.6 is 24.0 Å². The summed E-state index contributed by atoms with van der Waals surface area (Å²) in [4.78, 5) is 33.3. The van der Waals surface area contributed by atoms with Crippen molar-refractivity contribution in [2.24, 2.45) is 0 Å². The lowest BCUT2D eigenvalue weighted by Gasteiger charge is -2.39. The highest BCUT2D eigenvalue weighted by Crippen LogP contribution is 2.37. The van der Waals surface area contributed by atoms with E-state index in [1.807, 2.05) is 49.1 Å². The molecule has 0 spiro atoms. The molecule has 2 saturated heterocycles. The highest BCUT2D eigenvalue weighted by molar-refractivity contribution is 8.26. The molecule has 0 N–H and O–H groups in total. The van der Waals surface area contributed by atoms with Gasteiger partial charge in [-0.05, 0) is 49.6 Å². The standard InChI is InChI=1S/C32H32FN5O2S2/c1-4-13-37-29(36-16-14-35(15-17-36)27-8-6-5-7-26(27)33)24(22(3)25(19-34)30(37)39)18-28-31(40)38(32(41)42-28)20-23-11-9-21(2)10-12-23/h5-12,18H,4,13-17,20H2,1-3H3/b28-18+. The molecule has 2 aromatic carbocycles. The normalized spacial score (nSPS) is 16.5. The van der Waals surface area contributed by atoms with E-state index in [0.717, 1.165) is 11.1 Å². The van der Waals surface area contributed by atoms with E-state index in [1.165, 1.54) is 17.8 Å². The summed E-state index contributed by atoms with van der Waals surface area (Å²) < 4.78 is 16.6. The molecule has 2 aliphatic heterocycles. The molecule has 1 aromatic heterocycles. The molecule has 0 unspecified atom stereocenters. The summed E-state index contributed by atoms with van der Waals surface area (Å²) >= 11 is 6.84. The Hall–Kier alpha value is -3.94. The molecule has 10 heteroatoms. The minimum Gasteiger partial charge on any atom is -0.366 e. The summed E-state index contributed by atoms with van der Waals surface area (Å²) in [6.45, 7) is 8.73. The number of thioether (sulfide) groups is 1. The van der Waals surface area contributed by atoms with Crippen LogP contribution in [0.3, 0.4) is 0 Å². The van der Waals surface area contributed by atoms with E-state index in [2.05, 4.69) is 11.0 Å². The molecule has 216 valence electrons. The van der Waals surface area contributed by atoms with Crippen molar-refractivity contribution in [1.82, 2.24) is 9.47 Å². The largest absolute Gasteiger partial charge is 0.366 e. The highest BCUT2D eigenvalue weighted by atomic mass is 32.2. The van der Waals surface area contributed by atoms with Crippen LogP contribution in [0.5, 0.6) is 0 Å². The Bertz CT molecular complexity index is 1670. The Morgan fingerprint density at radius 1 is 1.02 bits per heavy atom. The monoisotopic (exact) mass is 601 g/mol. The Balaban J connectivity index is 1.53. The fourth-order valence-corrected chi connectivity index (χ4v) is 6.66. The summed E-state index contributed by atoms with van der Waals surface area (Å²) in [5.74, 6) is 0.207. The van der Waals surface area contributed by atoms with Gasteiger partial charge in [-0.25, -0.2) is 4.39 Å². The number of para-hydroxylation sites is 1. The summed E-state index contributed by atoms with van der Waals surface area (Å²) in [7, 11) is 0. The average molecular weight is 602 g/mol. The van der Waals surface area contributed by atoms with Crippen LogP contribution in [0.15, 0.2) is 58.2 Å². The number of hydrogen-bond donors (Lipinski definition) is 0. The minimum absolute atomic E-state index is 0.0681. The number of anilines is 2. The molecule has 3 aromatic rings. The lowest BCUT2D eigenvalue weighted by Crippen LogP contribution is -2.49. The quantitative estimate of drug-likeness (QED) is 0.257. The molecule has 0 atom stereocenters. The van der Waals surface area contributed by atoms with E-state index in [0.29, 0.717) is 77.5 Å². The van der Waals surface area contributed by atoms with Crippen molar-refractivity contribution in [3.8, 4) is 6.07 Å². The van der Waals surface area contributed by atoms with Gasteiger partial charge in [-0.3, -0.25) is 19.1 Å². The number of thiocarbonyl (C=S) groups is 1. The predicted molar refractivity (Wildman–Crippen MR) is 171 cm³/mol. The van der Waals surface area contributed by atoms with E-state index >= 15 is 0 Å². The lowest BCUT2D eigenvalue weighted by molar-refractivity contribution is -0.122. The van der Waals surface area contributed by atoms with Crippen molar-refractivity contribution < 1.29 is 9.18 Å². The maximum atomic E-state index is 14.5. The number of aryl methyl sites for hydroxylation is 1. The third-order valence-corrected chi connectivity index (χ3v) is 9.05. The number of aromatic nitrogens is 1. The fraction of sp³-hybridized carbons (Fsp3) is 0.312. The zero-order valence-electron chi connectivity index (χ0n) is 23.9. The second-order valence-electron chi connectivity index (χ2n) is 10.5. The van der Waals surface area contributed by atoms with Crippen LogP contribution in [0.1, 0.15) is 41.2 Å². The van der Waals surface area contributed by atoms with Gasteiger partial charge in [0.1, 0.15) is 27.6 Å². The number of halogens is 1. The smallest absolute Gasteiger partial charge is 0.270 e. The van der Waals surface area contributed by atoms with Crippen LogP contribution in [0, 0.1) is 31.0 Å². The van der Waals surface area contributed by atoms with Crippen molar-refractivity contribution >= 4 is 51.8 Å². The zero-order chi connectivity index (χ0) is 30.0. The molecule has 5 rings (SSSR count). The first-order valence-corrected chi connectivity index (χ1v) is 15.2. The molecule has 42 heavy (non-hydrogen) atoms. The van der Waals surface area contributed by atoms with Gasteiger partial charge in [0.15, 0.2) is 0 Å². The molecule has 0 saturated carbocycles. The first-order valence-electron chi connectivity index (χ1n) is 14.0. The van der Waals surface area contributed by atoms with Gasteiger partial charge in [-0.15, -0.1) is 0 Å². The molecule has 0 bridgehead atoms. The molecule has 0 aliphatic carbocycles. The molecule has 3 heterocycles. The Morgan fingerprint density at radius 3 is 2.33 bits per heavy atom. The van der Waals surface area contributed by atoms with Crippen LogP contribution in [0.2, 0.25) is 0 Å². The van der Waals surface area contributed by atoms with Crippen molar-refractivity contribution in [2.45, 2.75) is 40.3 Å². The predicted octanol–water partition coefficient (Wildman–Crippen LogP) is 5.61. The van der Waals surface area contributed by atoms with Crippen LogP contribution in [-0.4, -0.2) is 45.9 Å². The summed E-state index contributed by atoms with van der Waals surface area (Å²) in [6.07, 6.45) is 2.48. The summed E-state index contributed by atoms with van der Waals surface area (Å²) in [5.41, 5.74) is 3.59. The number of benzene rings is 2. The number of carbonyl (C=O) groups excluding carboxylic acids is 1. The van der Waals surface area contributed by atoms with E-state index < -0.39 is 0 Å². The van der Waals surface area contributed by atoms with Gasteiger partial charge in [0.2, 0.25) is 0 Å². The van der Waals surface area contributed by atoms with Crippen molar-refractivity contribution in [2.75, 3.05) is 36.0 Å². The zero-order valence-corrected chi connectivity index (χ0v) is 25.5. The number of piperazine rings is 1.